The van der Waals surface area contributed by atoms with Gasteiger partial charge in [0.1, 0.15) is 0 Å². The van der Waals surface area contributed by atoms with Crippen molar-refractivity contribution in [1.82, 2.24) is 15.3 Å². The van der Waals surface area contributed by atoms with Gasteiger partial charge in [-0.05, 0) is 37.1 Å². The summed E-state index contributed by atoms with van der Waals surface area (Å²) < 4.78 is 5.08. The third kappa shape index (κ3) is 2.16. The molecule has 0 spiro atoms. The van der Waals surface area contributed by atoms with E-state index in [0.717, 1.165) is 17.6 Å². The number of hydrogen-bond donors (Lipinski definition) is 1. The summed E-state index contributed by atoms with van der Waals surface area (Å²) in [4.78, 5) is 8.77. The number of nitrogens with one attached hydrogen (secondary N) is 1. The van der Waals surface area contributed by atoms with Gasteiger partial charge in [0.15, 0.2) is 0 Å². The SMILES string of the molecule is COc1cnc2cc(C3CCCCN3)ccc2n1. The molecule has 1 aliphatic rings. The fraction of sp³-hybridized carbons (Fsp3) is 0.429. The molecule has 1 atom stereocenters. The number of hydrogen-bond acceptors (Lipinski definition) is 4. The van der Waals surface area contributed by atoms with E-state index in [1.54, 1.807) is 13.3 Å². The van der Waals surface area contributed by atoms with Crippen LogP contribution in [-0.4, -0.2) is 23.6 Å². The second-order valence-electron chi connectivity index (χ2n) is 4.66. The second kappa shape index (κ2) is 4.90. The Hall–Kier alpha value is -1.68. The first-order valence-corrected chi connectivity index (χ1v) is 6.41. The maximum absolute atomic E-state index is 5.08. The van der Waals surface area contributed by atoms with Crippen LogP contribution in [0.15, 0.2) is 24.4 Å². The topological polar surface area (TPSA) is 47.0 Å². The lowest BCUT2D eigenvalue weighted by Gasteiger charge is -2.23. The van der Waals surface area contributed by atoms with E-state index in [1.807, 2.05) is 6.07 Å². The van der Waals surface area contributed by atoms with E-state index in [-0.39, 0.29) is 0 Å². The number of aromatic nitrogens is 2. The molecule has 1 unspecified atom stereocenters. The third-order valence-corrected chi connectivity index (χ3v) is 3.47. The highest BCUT2D eigenvalue weighted by Crippen LogP contribution is 2.25. The van der Waals surface area contributed by atoms with Gasteiger partial charge in [0.25, 0.3) is 0 Å². The molecule has 4 heteroatoms. The van der Waals surface area contributed by atoms with Crippen LogP contribution in [0.5, 0.6) is 5.88 Å². The summed E-state index contributed by atoms with van der Waals surface area (Å²) in [5.74, 6) is 0.561. The van der Waals surface area contributed by atoms with Gasteiger partial charge >= 0.3 is 0 Å². The minimum atomic E-state index is 0.465. The fourth-order valence-electron chi connectivity index (χ4n) is 2.46. The minimum absolute atomic E-state index is 0.465. The molecule has 2 heterocycles. The van der Waals surface area contributed by atoms with Gasteiger partial charge in [-0.2, -0.15) is 0 Å². The standard InChI is InChI=1S/C14H17N3O/c1-18-14-9-16-13-8-10(5-6-12(13)17-14)11-4-2-3-7-15-11/h5-6,8-9,11,15H,2-4,7H2,1H3. The molecule has 0 radical (unpaired) electrons. The van der Waals surface area contributed by atoms with Crippen LogP contribution in [0, 0.1) is 0 Å². The molecule has 1 aromatic carbocycles. The van der Waals surface area contributed by atoms with Crippen LogP contribution in [0.25, 0.3) is 11.0 Å². The zero-order valence-corrected chi connectivity index (χ0v) is 10.5. The van der Waals surface area contributed by atoms with Crippen molar-refractivity contribution in [3.63, 3.8) is 0 Å². The Morgan fingerprint density at radius 1 is 1.28 bits per heavy atom. The van der Waals surface area contributed by atoms with Crippen molar-refractivity contribution in [2.45, 2.75) is 25.3 Å². The molecule has 1 saturated heterocycles. The number of piperidine rings is 1. The molecule has 1 fully saturated rings. The molecule has 0 bridgehead atoms. The predicted octanol–water partition coefficient (Wildman–Crippen LogP) is 2.45. The molecule has 4 nitrogen and oxygen atoms in total. The molecule has 1 aromatic heterocycles. The number of fused-ring (bicyclic) bond motifs is 1. The van der Waals surface area contributed by atoms with Crippen molar-refractivity contribution in [2.75, 3.05) is 13.7 Å². The maximum atomic E-state index is 5.08. The molecule has 2 aromatic rings. The maximum Gasteiger partial charge on any atom is 0.232 e. The van der Waals surface area contributed by atoms with Crippen LogP contribution in [0.1, 0.15) is 30.9 Å². The molecule has 1 N–H and O–H groups in total. The smallest absolute Gasteiger partial charge is 0.232 e. The Morgan fingerprint density at radius 2 is 2.22 bits per heavy atom. The van der Waals surface area contributed by atoms with Gasteiger partial charge in [0.2, 0.25) is 5.88 Å². The highest BCUT2D eigenvalue weighted by molar-refractivity contribution is 5.75. The Labute approximate surface area is 106 Å². The van der Waals surface area contributed by atoms with E-state index in [4.69, 9.17) is 4.74 Å². The van der Waals surface area contributed by atoms with Crippen molar-refractivity contribution in [1.29, 1.82) is 0 Å². The quantitative estimate of drug-likeness (QED) is 0.880. The van der Waals surface area contributed by atoms with Crippen molar-refractivity contribution in [2.24, 2.45) is 0 Å². The lowest BCUT2D eigenvalue weighted by molar-refractivity contribution is 0.397. The van der Waals surface area contributed by atoms with E-state index in [1.165, 1.54) is 24.8 Å². The summed E-state index contributed by atoms with van der Waals surface area (Å²) >= 11 is 0. The lowest BCUT2D eigenvalue weighted by atomic mass is 9.97. The third-order valence-electron chi connectivity index (χ3n) is 3.47. The predicted molar refractivity (Wildman–Crippen MR) is 70.7 cm³/mol. The van der Waals surface area contributed by atoms with E-state index in [0.29, 0.717) is 11.9 Å². The van der Waals surface area contributed by atoms with Crippen LogP contribution in [-0.2, 0) is 0 Å². The zero-order chi connectivity index (χ0) is 12.4. The van der Waals surface area contributed by atoms with Crippen LogP contribution in [0.3, 0.4) is 0 Å². The monoisotopic (exact) mass is 243 g/mol. The van der Waals surface area contributed by atoms with E-state index in [9.17, 15) is 0 Å². The molecule has 0 amide bonds. The molecular weight excluding hydrogens is 226 g/mol. The Balaban J connectivity index is 1.95. The molecule has 0 saturated carbocycles. The van der Waals surface area contributed by atoms with Gasteiger partial charge in [-0.3, -0.25) is 0 Å². The minimum Gasteiger partial charge on any atom is -0.480 e. The molecule has 1 aliphatic heterocycles. The normalized spacial score (nSPS) is 19.9. The average molecular weight is 243 g/mol. The largest absolute Gasteiger partial charge is 0.480 e. The molecule has 0 aliphatic carbocycles. The van der Waals surface area contributed by atoms with Crippen LogP contribution >= 0.6 is 0 Å². The van der Waals surface area contributed by atoms with E-state index < -0.39 is 0 Å². The fourth-order valence-corrected chi connectivity index (χ4v) is 2.46. The number of methoxy groups -OCH3 is 1. The Kier molecular flexibility index (Phi) is 3.11. The first kappa shape index (κ1) is 11.4. The summed E-state index contributed by atoms with van der Waals surface area (Å²) in [5, 5.41) is 3.55. The summed E-state index contributed by atoms with van der Waals surface area (Å²) in [6.07, 6.45) is 5.45. The number of ether oxygens (including phenoxy) is 1. The summed E-state index contributed by atoms with van der Waals surface area (Å²) in [6, 6.07) is 6.76. The van der Waals surface area contributed by atoms with E-state index in [2.05, 4.69) is 27.4 Å². The van der Waals surface area contributed by atoms with Crippen LogP contribution in [0.2, 0.25) is 0 Å². The molecule has 3 rings (SSSR count). The van der Waals surface area contributed by atoms with Crippen molar-refractivity contribution >= 4 is 11.0 Å². The van der Waals surface area contributed by atoms with Gasteiger partial charge in [0, 0.05) is 6.04 Å². The summed E-state index contributed by atoms with van der Waals surface area (Å²) in [5.41, 5.74) is 3.12. The second-order valence-corrected chi connectivity index (χ2v) is 4.66. The first-order chi connectivity index (χ1) is 8.86. The summed E-state index contributed by atoms with van der Waals surface area (Å²) in [7, 11) is 1.61. The highest BCUT2D eigenvalue weighted by atomic mass is 16.5. The van der Waals surface area contributed by atoms with Gasteiger partial charge in [-0.15, -0.1) is 0 Å². The van der Waals surface area contributed by atoms with Gasteiger partial charge in [-0.1, -0.05) is 12.5 Å². The number of benzene rings is 1. The van der Waals surface area contributed by atoms with Crippen LogP contribution < -0.4 is 10.1 Å². The molecule has 94 valence electrons. The summed E-state index contributed by atoms with van der Waals surface area (Å²) in [6.45, 7) is 1.11. The van der Waals surface area contributed by atoms with Gasteiger partial charge < -0.3 is 10.1 Å². The van der Waals surface area contributed by atoms with Crippen LogP contribution in [0.4, 0.5) is 0 Å². The lowest BCUT2D eigenvalue weighted by Crippen LogP contribution is -2.26. The van der Waals surface area contributed by atoms with Gasteiger partial charge in [0.05, 0.1) is 24.3 Å². The molecular formula is C14H17N3O. The van der Waals surface area contributed by atoms with Crippen molar-refractivity contribution in [3.05, 3.63) is 30.0 Å². The number of nitrogens with zero attached hydrogens (tertiary/aromatic N) is 2. The zero-order valence-electron chi connectivity index (χ0n) is 10.5. The van der Waals surface area contributed by atoms with E-state index >= 15 is 0 Å². The Morgan fingerprint density at radius 3 is 3.00 bits per heavy atom. The average Bonchev–Trinajstić information content (AvgIpc) is 2.47. The van der Waals surface area contributed by atoms with Gasteiger partial charge in [-0.25, -0.2) is 9.97 Å². The van der Waals surface area contributed by atoms with Crippen molar-refractivity contribution < 1.29 is 4.74 Å². The van der Waals surface area contributed by atoms with Crippen molar-refractivity contribution in [3.8, 4) is 5.88 Å². The first-order valence-electron chi connectivity index (χ1n) is 6.41. The highest BCUT2D eigenvalue weighted by Gasteiger charge is 2.15. The Bertz CT molecular complexity index is 550. The number of rotatable bonds is 2. The molecule has 18 heavy (non-hydrogen) atoms.